The molecule has 1 aliphatic rings. The summed E-state index contributed by atoms with van der Waals surface area (Å²) in [5.74, 6) is 0. The Hall–Kier alpha value is -0.520. The summed E-state index contributed by atoms with van der Waals surface area (Å²) >= 11 is 1.25. The highest BCUT2D eigenvalue weighted by atomic mass is 32.1. The first-order valence-electron chi connectivity index (χ1n) is 4.84. The molecule has 0 radical (unpaired) electrons. The standard InChI is InChI=1S/C9H15N3OS/c1-7-9(2,3-4-13-7)10-5-8-6-11-14-12-8/h6-7,10H,3-5H2,1-2H3. The molecule has 1 aromatic heterocycles. The van der Waals surface area contributed by atoms with Crippen LogP contribution in [0.4, 0.5) is 0 Å². The molecule has 1 N–H and O–H groups in total. The first kappa shape index (κ1) is 10.0. The Bertz CT molecular complexity index is 290. The van der Waals surface area contributed by atoms with Gasteiger partial charge in [0.25, 0.3) is 0 Å². The zero-order valence-corrected chi connectivity index (χ0v) is 9.30. The van der Waals surface area contributed by atoms with E-state index >= 15 is 0 Å². The van der Waals surface area contributed by atoms with Crippen LogP contribution in [-0.4, -0.2) is 27.0 Å². The fraction of sp³-hybridized carbons (Fsp3) is 0.778. The lowest BCUT2D eigenvalue weighted by Gasteiger charge is -2.28. The largest absolute Gasteiger partial charge is 0.377 e. The number of aromatic nitrogens is 2. The lowest BCUT2D eigenvalue weighted by molar-refractivity contribution is 0.0880. The number of ether oxygens (including phenoxy) is 1. The van der Waals surface area contributed by atoms with E-state index in [9.17, 15) is 0 Å². The van der Waals surface area contributed by atoms with Crippen LogP contribution in [0.1, 0.15) is 26.0 Å². The summed E-state index contributed by atoms with van der Waals surface area (Å²) in [6, 6.07) is 0. The van der Waals surface area contributed by atoms with Crippen molar-refractivity contribution in [2.75, 3.05) is 6.61 Å². The van der Waals surface area contributed by atoms with Crippen LogP contribution in [0, 0.1) is 0 Å². The van der Waals surface area contributed by atoms with Crippen molar-refractivity contribution in [1.29, 1.82) is 0 Å². The second-order valence-corrected chi connectivity index (χ2v) is 4.49. The van der Waals surface area contributed by atoms with Gasteiger partial charge in [0.15, 0.2) is 0 Å². The van der Waals surface area contributed by atoms with E-state index in [0.717, 1.165) is 25.3 Å². The van der Waals surface area contributed by atoms with Gasteiger partial charge in [-0.25, -0.2) is 0 Å². The molecule has 78 valence electrons. The summed E-state index contributed by atoms with van der Waals surface area (Å²) in [5, 5.41) is 3.49. The van der Waals surface area contributed by atoms with Gasteiger partial charge in [0.05, 0.1) is 29.7 Å². The minimum Gasteiger partial charge on any atom is -0.377 e. The van der Waals surface area contributed by atoms with Crippen LogP contribution >= 0.6 is 11.7 Å². The molecule has 2 rings (SSSR count). The van der Waals surface area contributed by atoms with E-state index in [1.54, 1.807) is 0 Å². The molecule has 1 aliphatic heterocycles. The molecular weight excluding hydrogens is 198 g/mol. The third-order valence-corrected chi connectivity index (χ3v) is 3.48. The number of rotatable bonds is 3. The van der Waals surface area contributed by atoms with Gasteiger partial charge in [-0.3, -0.25) is 0 Å². The Balaban J connectivity index is 1.91. The van der Waals surface area contributed by atoms with Crippen molar-refractivity contribution in [2.24, 2.45) is 0 Å². The van der Waals surface area contributed by atoms with Crippen LogP contribution in [0.3, 0.4) is 0 Å². The molecule has 0 bridgehead atoms. The number of hydrogen-bond acceptors (Lipinski definition) is 5. The Morgan fingerprint density at radius 2 is 2.64 bits per heavy atom. The van der Waals surface area contributed by atoms with Gasteiger partial charge in [-0.05, 0) is 20.3 Å². The van der Waals surface area contributed by atoms with Crippen molar-refractivity contribution in [3.8, 4) is 0 Å². The highest BCUT2D eigenvalue weighted by Crippen LogP contribution is 2.25. The minimum atomic E-state index is 0.0869. The van der Waals surface area contributed by atoms with Crippen LogP contribution < -0.4 is 5.32 Å². The first-order valence-corrected chi connectivity index (χ1v) is 5.57. The monoisotopic (exact) mass is 213 g/mol. The van der Waals surface area contributed by atoms with E-state index in [4.69, 9.17) is 4.74 Å². The highest BCUT2D eigenvalue weighted by Gasteiger charge is 2.36. The molecule has 2 heterocycles. The van der Waals surface area contributed by atoms with Crippen molar-refractivity contribution in [3.05, 3.63) is 11.9 Å². The highest BCUT2D eigenvalue weighted by molar-refractivity contribution is 6.99. The predicted molar refractivity (Wildman–Crippen MR) is 55.2 cm³/mol. The molecule has 0 spiro atoms. The number of hydrogen-bond donors (Lipinski definition) is 1. The molecule has 0 amide bonds. The van der Waals surface area contributed by atoms with Crippen LogP contribution in [0.15, 0.2) is 6.20 Å². The summed E-state index contributed by atoms with van der Waals surface area (Å²) in [6.07, 6.45) is 3.14. The van der Waals surface area contributed by atoms with E-state index in [1.165, 1.54) is 11.7 Å². The lowest BCUT2D eigenvalue weighted by atomic mass is 9.95. The maximum absolute atomic E-state index is 5.54. The van der Waals surface area contributed by atoms with Gasteiger partial charge >= 0.3 is 0 Å². The Morgan fingerprint density at radius 3 is 3.21 bits per heavy atom. The van der Waals surface area contributed by atoms with E-state index < -0.39 is 0 Å². The third-order valence-electron chi connectivity index (χ3n) is 2.97. The smallest absolute Gasteiger partial charge is 0.0880 e. The molecule has 2 unspecified atom stereocenters. The molecule has 0 aromatic carbocycles. The maximum Gasteiger partial charge on any atom is 0.0880 e. The first-order chi connectivity index (χ1) is 6.71. The Morgan fingerprint density at radius 1 is 1.79 bits per heavy atom. The zero-order chi connectivity index (χ0) is 10.0. The van der Waals surface area contributed by atoms with Crippen LogP contribution in [0.2, 0.25) is 0 Å². The molecule has 0 saturated carbocycles. The maximum atomic E-state index is 5.54. The Labute approximate surface area is 88.0 Å². The zero-order valence-electron chi connectivity index (χ0n) is 8.49. The van der Waals surface area contributed by atoms with E-state index in [2.05, 4.69) is 27.9 Å². The summed E-state index contributed by atoms with van der Waals surface area (Å²) in [7, 11) is 0. The average molecular weight is 213 g/mol. The average Bonchev–Trinajstić information content (AvgIpc) is 2.75. The molecule has 4 nitrogen and oxygen atoms in total. The molecular formula is C9H15N3OS. The second-order valence-electron chi connectivity index (χ2n) is 3.93. The number of nitrogens with one attached hydrogen (secondary N) is 1. The van der Waals surface area contributed by atoms with Crippen molar-refractivity contribution in [1.82, 2.24) is 14.1 Å². The second kappa shape index (κ2) is 3.92. The fourth-order valence-corrected chi connectivity index (χ4v) is 2.05. The molecule has 1 saturated heterocycles. The topological polar surface area (TPSA) is 47.0 Å². The number of nitrogens with zero attached hydrogens (tertiary/aromatic N) is 2. The van der Waals surface area contributed by atoms with Gasteiger partial charge in [-0.2, -0.15) is 8.75 Å². The van der Waals surface area contributed by atoms with Crippen LogP contribution in [0.25, 0.3) is 0 Å². The van der Waals surface area contributed by atoms with Gasteiger partial charge < -0.3 is 10.1 Å². The van der Waals surface area contributed by atoms with Crippen LogP contribution in [-0.2, 0) is 11.3 Å². The molecule has 14 heavy (non-hydrogen) atoms. The summed E-state index contributed by atoms with van der Waals surface area (Å²) in [4.78, 5) is 0. The van der Waals surface area contributed by atoms with Gasteiger partial charge in [-0.1, -0.05) is 0 Å². The summed E-state index contributed by atoms with van der Waals surface area (Å²) < 4.78 is 13.7. The fourth-order valence-electron chi connectivity index (χ4n) is 1.62. The summed E-state index contributed by atoms with van der Waals surface area (Å²) in [6.45, 7) is 5.93. The molecule has 5 heteroatoms. The van der Waals surface area contributed by atoms with Gasteiger partial charge in [0, 0.05) is 18.7 Å². The SMILES string of the molecule is CC1OCCC1(C)NCc1cnsn1. The Kier molecular flexibility index (Phi) is 2.80. The van der Waals surface area contributed by atoms with Crippen molar-refractivity contribution in [3.63, 3.8) is 0 Å². The van der Waals surface area contributed by atoms with Crippen molar-refractivity contribution in [2.45, 2.75) is 38.5 Å². The third kappa shape index (κ3) is 1.94. The molecule has 0 aliphatic carbocycles. The predicted octanol–water partition coefficient (Wildman–Crippen LogP) is 1.20. The van der Waals surface area contributed by atoms with Gasteiger partial charge in [-0.15, -0.1) is 0 Å². The summed E-state index contributed by atoms with van der Waals surface area (Å²) in [5.41, 5.74) is 1.10. The quantitative estimate of drug-likeness (QED) is 0.819. The van der Waals surface area contributed by atoms with Crippen molar-refractivity contribution >= 4 is 11.7 Å². The molecule has 2 atom stereocenters. The normalized spacial score (nSPS) is 32.3. The van der Waals surface area contributed by atoms with Crippen molar-refractivity contribution < 1.29 is 4.74 Å². The van der Waals surface area contributed by atoms with E-state index in [0.29, 0.717) is 0 Å². The van der Waals surface area contributed by atoms with Gasteiger partial charge in [0.1, 0.15) is 0 Å². The van der Waals surface area contributed by atoms with E-state index in [1.807, 2.05) is 6.20 Å². The minimum absolute atomic E-state index is 0.0869. The lowest BCUT2D eigenvalue weighted by Crippen LogP contribution is -2.47. The molecule has 1 aromatic rings. The van der Waals surface area contributed by atoms with E-state index in [-0.39, 0.29) is 11.6 Å². The van der Waals surface area contributed by atoms with Crippen LogP contribution in [0.5, 0.6) is 0 Å². The van der Waals surface area contributed by atoms with Gasteiger partial charge in [0.2, 0.25) is 0 Å². The molecule has 1 fully saturated rings.